The maximum absolute atomic E-state index is 12.8. The molecule has 0 aromatic heterocycles. The van der Waals surface area contributed by atoms with Crippen molar-refractivity contribution in [3.63, 3.8) is 0 Å². The van der Waals surface area contributed by atoms with E-state index in [2.05, 4.69) is 0 Å². The molecule has 3 rings (SSSR count). The summed E-state index contributed by atoms with van der Waals surface area (Å²) in [7, 11) is 0. The number of halogens is 1. The highest BCUT2D eigenvalue weighted by Gasteiger charge is 2.26. The average molecular weight is 343 g/mol. The highest BCUT2D eigenvalue weighted by atomic mass is 19.1. The van der Waals surface area contributed by atoms with Gasteiger partial charge in [-0.15, -0.1) is 0 Å². The highest BCUT2D eigenvalue weighted by molar-refractivity contribution is 5.78. The third-order valence-electron chi connectivity index (χ3n) is 4.35. The second-order valence-electron chi connectivity index (χ2n) is 6.19. The molecule has 4 nitrogen and oxygen atoms in total. The van der Waals surface area contributed by atoms with Gasteiger partial charge < -0.3 is 14.4 Å². The number of hydrogen-bond acceptors (Lipinski definition) is 3. The molecule has 1 aliphatic rings. The first kappa shape index (κ1) is 17.3. The Balaban J connectivity index is 1.36. The van der Waals surface area contributed by atoms with Crippen LogP contribution in [0.15, 0.2) is 54.6 Å². The van der Waals surface area contributed by atoms with Gasteiger partial charge in [-0.05, 0) is 55.2 Å². The van der Waals surface area contributed by atoms with E-state index in [9.17, 15) is 9.18 Å². The fourth-order valence-corrected chi connectivity index (χ4v) is 2.92. The van der Waals surface area contributed by atoms with Gasteiger partial charge in [-0.1, -0.05) is 18.2 Å². The van der Waals surface area contributed by atoms with Crippen molar-refractivity contribution in [2.75, 3.05) is 26.3 Å². The van der Waals surface area contributed by atoms with E-state index in [1.54, 1.807) is 0 Å². The summed E-state index contributed by atoms with van der Waals surface area (Å²) in [6.07, 6.45) is 1.91. The Labute approximate surface area is 147 Å². The maximum atomic E-state index is 12.8. The van der Waals surface area contributed by atoms with Crippen molar-refractivity contribution in [3.8, 4) is 11.5 Å². The number of likely N-dealkylation sites (tertiary alicyclic amines) is 1. The second kappa shape index (κ2) is 8.51. The Morgan fingerprint density at radius 2 is 1.76 bits per heavy atom. The molecule has 0 bridgehead atoms. The maximum Gasteiger partial charge on any atom is 0.260 e. The molecule has 2 aromatic rings. The summed E-state index contributed by atoms with van der Waals surface area (Å²) in [4.78, 5) is 14.1. The molecule has 132 valence electrons. The number of carbonyl (C=O) groups is 1. The van der Waals surface area contributed by atoms with Gasteiger partial charge in [0, 0.05) is 13.1 Å². The van der Waals surface area contributed by atoms with Crippen LogP contribution in [0, 0.1) is 11.7 Å². The first-order valence-electron chi connectivity index (χ1n) is 8.55. The van der Waals surface area contributed by atoms with E-state index in [0.717, 1.165) is 31.7 Å². The molecule has 1 aliphatic heterocycles. The molecule has 1 saturated heterocycles. The van der Waals surface area contributed by atoms with Crippen LogP contribution in [-0.2, 0) is 4.79 Å². The Bertz CT molecular complexity index is 675. The largest absolute Gasteiger partial charge is 0.494 e. The van der Waals surface area contributed by atoms with Gasteiger partial charge in [0.15, 0.2) is 6.61 Å². The van der Waals surface area contributed by atoms with Crippen LogP contribution < -0.4 is 9.47 Å². The molecule has 0 radical (unpaired) electrons. The summed E-state index contributed by atoms with van der Waals surface area (Å²) < 4.78 is 24.0. The van der Waals surface area contributed by atoms with E-state index in [1.165, 1.54) is 24.3 Å². The molecule has 25 heavy (non-hydrogen) atoms. The van der Waals surface area contributed by atoms with Gasteiger partial charge in [-0.2, -0.15) is 0 Å². The third kappa shape index (κ3) is 5.21. The zero-order valence-corrected chi connectivity index (χ0v) is 14.1. The summed E-state index contributed by atoms with van der Waals surface area (Å²) in [6, 6.07) is 15.4. The molecule has 1 atom stereocenters. The minimum Gasteiger partial charge on any atom is -0.494 e. The van der Waals surface area contributed by atoms with E-state index >= 15 is 0 Å². The Morgan fingerprint density at radius 1 is 1.04 bits per heavy atom. The van der Waals surface area contributed by atoms with E-state index in [-0.39, 0.29) is 18.3 Å². The normalized spacial score (nSPS) is 16.7. The van der Waals surface area contributed by atoms with Gasteiger partial charge in [0.25, 0.3) is 5.91 Å². The number of nitrogens with zero attached hydrogens (tertiary/aromatic N) is 1. The van der Waals surface area contributed by atoms with Gasteiger partial charge in [-0.25, -0.2) is 4.39 Å². The lowest BCUT2D eigenvalue weighted by molar-refractivity contribution is -0.132. The van der Waals surface area contributed by atoms with E-state index in [4.69, 9.17) is 9.47 Å². The molecule has 1 fully saturated rings. The minimum atomic E-state index is -0.321. The molecule has 0 N–H and O–H groups in total. The summed E-state index contributed by atoms with van der Waals surface area (Å²) >= 11 is 0. The SMILES string of the molecule is O=C(COc1ccc(F)cc1)N1CCC(CCOc2ccccc2)C1. The number of carbonyl (C=O) groups excluding carboxylic acids is 1. The zero-order chi connectivity index (χ0) is 17.5. The lowest BCUT2D eigenvalue weighted by Crippen LogP contribution is -2.33. The lowest BCUT2D eigenvalue weighted by Gasteiger charge is -2.17. The van der Waals surface area contributed by atoms with Crippen molar-refractivity contribution in [1.82, 2.24) is 4.90 Å². The van der Waals surface area contributed by atoms with Gasteiger partial charge in [0.2, 0.25) is 0 Å². The molecule has 5 heteroatoms. The van der Waals surface area contributed by atoms with Crippen molar-refractivity contribution < 1.29 is 18.7 Å². The number of rotatable bonds is 7. The van der Waals surface area contributed by atoms with Crippen LogP contribution in [0.4, 0.5) is 4.39 Å². The fourth-order valence-electron chi connectivity index (χ4n) is 2.92. The summed E-state index contributed by atoms with van der Waals surface area (Å²) in [5.74, 6) is 1.48. The van der Waals surface area contributed by atoms with Crippen molar-refractivity contribution in [2.45, 2.75) is 12.8 Å². The topological polar surface area (TPSA) is 38.8 Å². The first-order chi connectivity index (χ1) is 12.2. The van der Waals surface area contributed by atoms with Crippen LogP contribution in [0.5, 0.6) is 11.5 Å². The number of ether oxygens (including phenoxy) is 2. The van der Waals surface area contributed by atoms with Crippen LogP contribution in [0.3, 0.4) is 0 Å². The molecule has 1 unspecified atom stereocenters. The van der Waals surface area contributed by atoms with Gasteiger partial charge in [0.1, 0.15) is 17.3 Å². The van der Waals surface area contributed by atoms with E-state index in [0.29, 0.717) is 18.3 Å². The molecular formula is C20H22FNO3. The van der Waals surface area contributed by atoms with Crippen LogP contribution >= 0.6 is 0 Å². The number of para-hydroxylation sites is 1. The third-order valence-corrected chi connectivity index (χ3v) is 4.35. The van der Waals surface area contributed by atoms with Crippen molar-refractivity contribution >= 4 is 5.91 Å². The Kier molecular flexibility index (Phi) is 5.88. The molecule has 0 spiro atoms. The van der Waals surface area contributed by atoms with E-state index in [1.807, 2.05) is 35.2 Å². The van der Waals surface area contributed by atoms with Crippen LogP contribution in [-0.4, -0.2) is 37.1 Å². The van der Waals surface area contributed by atoms with Crippen molar-refractivity contribution in [3.05, 3.63) is 60.4 Å². The van der Waals surface area contributed by atoms with Crippen LogP contribution in [0.1, 0.15) is 12.8 Å². The predicted molar refractivity (Wildman–Crippen MR) is 93.1 cm³/mol. The molecular weight excluding hydrogens is 321 g/mol. The smallest absolute Gasteiger partial charge is 0.260 e. The molecule has 1 amide bonds. The number of benzene rings is 2. The van der Waals surface area contributed by atoms with E-state index < -0.39 is 0 Å². The molecule has 0 saturated carbocycles. The average Bonchev–Trinajstić information content (AvgIpc) is 3.11. The van der Waals surface area contributed by atoms with Gasteiger partial charge >= 0.3 is 0 Å². The molecule has 0 aliphatic carbocycles. The number of amides is 1. The molecule has 2 aromatic carbocycles. The Hall–Kier alpha value is -2.56. The summed E-state index contributed by atoms with van der Waals surface area (Å²) in [5.41, 5.74) is 0. The van der Waals surface area contributed by atoms with Gasteiger partial charge in [-0.3, -0.25) is 4.79 Å². The quantitative estimate of drug-likeness (QED) is 0.772. The fraction of sp³-hybridized carbons (Fsp3) is 0.350. The lowest BCUT2D eigenvalue weighted by atomic mass is 10.1. The Morgan fingerprint density at radius 3 is 2.52 bits per heavy atom. The monoisotopic (exact) mass is 343 g/mol. The van der Waals surface area contributed by atoms with Gasteiger partial charge in [0.05, 0.1) is 6.61 Å². The molecule has 1 heterocycles. The van der Waals surface area contributed by atoms with Crippen LogP contribution in [0.25, 0.3) is 0 Å². The summed E-state index contributed by atoms with van der Waals surface area (Å²) in [6.45, 7) is 2.13. The number of hydrogen-bond donors (Lipinski definition) is 0. The second-order valence-corrected chi connectivity index (χ2v) is 6.19. The van der Waals surface area contributed by atoms with Crippen molar-refractivity contribution in [1.29, 1.82) is 0 Å². The minimum absolute atomic E-state index is 0.0150. The van der Waals surface area contributed by atoms with Crippen molar-refractivity contribution in [2.24, 2.45) is 5.92 Å². The standard InChI is InChI=1S/C20H22FNO3/c21-17-6-8-19(9-7-17)25-15-20(23)22-12-10-16(14-22)11-13-24-18-4-2-1-3-5-18/h1-9,16H,10-15H2. The highest BCUT2D eigenvalue weighted by Crippen LogP contribution is 2.21. The van der Waals surface area contributed by atoms with Crippen LogP contribution in [0.2, 0.25) is 0 Å². The predicted octanol–water partition coefficient (Wildman–Crippen LogP) is 3.52. The summed E-state index contributed by atoms with van der Waals surface area (Å²) in [5, 5.41) is 0. The first-order valence-corrected chi connectivity index (χ1v) is 8.55. The zero-order valence-electron chi connectivity index (χ0n) is 14.1.